The van der Waals surface area contributed by atoms with E-state index in [0.717, 1.165) is 11.3 Å². The summed E-state index contributed by atoms with van der Waals surface area (Å²) in [6.07, 6.45) is 0. The van der Waals surface area contributed by atoms with Crippen LogP contribution in [0.1, 0.15) is 23.0 Å². The molecule has 0 saturated heterocycles. The van der Waals surface area contributed by atoms with Gasteiger partial charge in [0.2, 0.25) is 0 Å². The van der Waals surface area contributed by atoms with Crippen LogP contribution in [-0.4, -0.2) is 36.9 Å². The van der Waals surface area contributed by atoms with Crippen LogP contribution in [0.3, 0.4) is 0 Å². The maximum absolute atomic E-state index is 12.9. The number of carbonyl (C=O) groups is 1. The highest BCUT2D eigenvalue weighted by atomic mass is 16.5. The molecule has 0 bridgehead atoms. The third kappa shape index (κ3) is 4.63. The zero-order chi connectivity index (χ0) is 20.8. The van der Waals surface area contributed by atoms with E-state index >= 15 is 0 Å². The number of aromatic nitrogens is 2. The molecule has 3 rings (SSSR count). The van der Waals surface area contributed by atoms with E-state index in [1.165, 1.54) is 0 Å². The third-order valence-corrected chi connectivity index (χ3v) is 4.43. The zero-order valence-corrected chi connectivity index (χ0v) is 17.0. The van der Waals surface area contributed by atoms with Gasteiger partial charge in [0.1, 0.15) is 11.5 Å². The summed E-state index contributed by atoms with van der Waals surface area (Å²) >= 11 is 0. The van der Waals surface area contributed by atoms with Gasteiger partial charge in [-0.15, -0.1) is 10.2 Å². The Kier molecular flexibility index (Phi) is 6.29. The molecular formula is C22H24N4O3. The van der Waals surface area contributed by atoms with Crippen molar-refractivity contribution in [1.29, 1.82) is 0 Å². The third-order valence-electron chi connectivity index (χ3n) is 4.43. The molecule has 0 atom stereocenters. The summed E-state index contributed by atoms with van der Waals surface area (Å²) in [7, 11) is 3.19. The number of amides is 1. The van der Waals surface area contributed by atoms with Crippen LogP contribution in [0.15, 0.2) is 54.6 Å². The molecular weight excluding hydrogens is 368 g/mol. The van der Waals surface area contributed by atoms with Crippen LogP contribution >= 0.6 is 0 Å². The Morgan fingerprint density at radius 1 is 1.03 bits per heavy atom. The molecule has 0 unspecified atom stereocenters. The molecule has 0 radical (unpaired) electrons. The molecule has 1 heterocycles. The molecule has 0 fully saturated rings. The summed E-state index contributed by atoms with van der Waals surface area (Å²) in [5.74, 6) is 1.62. The number of nitrogens with zero attached hydrogens (tertiary/aromatic N) is 3. The van der Waals surface area contributed by atoms with E-state index in [1.807, 2.05) is 44.2 Å². The van der Waals surface area contributed by atoms with Crippen molar-refractivity contribution >= 4 is 23.1 Å². The average Bonchev–Trinajstić information content (AvgIpc) is 2.74. The lowest BCUT2D eigenvalue weighted by molar-refractivity contribution is 0.0982. The minimum Gasteiger partial charge on any atom is -0.497 e. The van der Waals surface area contributed by atoms with Gasteiger partial charge < -0.3 is 19.7 Å². The van der Waals surface area contributed by atoms with Crippen LogP contribution in [0.4, 0.5) is 17.2 Å². The predicted octanol–water partition coefficient (Wildman–Crippen LogP) is 4.21. The fraction of sp³-hybridized carbons (Fsp3) is 0.227. The van der Waals surface area contributed by atoms with Gasteiger partial charge in [0.15, 0.2) is 11.5 Å². The lowest BCUT2D eigenvalue weighted by Gasteiger charge is -2.21. The summed E-state index contributed by atoms with van der Waals surface area (Å²) < 4.78 is 10.6. The maximum Gasteiger partial charge on any atom is 0.278 e. The van der Waals surface area contributed by atoms with Gasteiger partial charge in [-0.3, -0.25) is 4.79 Å². The lowest BCUT2D eigenvalue weighted by atomic mass is 10.2. The van der Waals surface area contributed by atoms with E-state index in [4.69, 9.17) is 9.47 Å². The summed E-state index contributed by atoms with van der Waals surface area (Å²) in [4.78, 5) is 14.6. The second-order valence-electron chi connectivity index (χ2n) is 6.38. The Morgan fingerprint density at radius 2 is 1.86 bits per heavy atom. The van der Waals surface area contributed by atoms with Crippen molar-refractivity contribution in [2.24, 2.45) is 0 Å². The molecule has 0 saturated carbocycles. The number of anilines is 3. The first-order chi connectivity index (χ1) is 14.0. The first kappa shape index (κ1) is 20.1. The molecule has 7 heteroatoms. The Hall–Kier alpha value is -3.61. The van der Waals surface area contributed by atoms with Gasteiger partial charge in [0.25, 0.3) is 5.91 Å². The van der Waals surface area contributed by atoms with Crippen LogP contribution in [0.2, 0.25) is 0 Å². The minimum absolute atomic E-state index is 0.198. The van der Waals surface area contributed by atoms with Gasteiger partial charge in [-0.25, -0.2) is 0 Å². The smallest absolute Gasteiger partial charge is 0.278 e. The first-order valence-electron chi connectivity index (χ1n) is 9.27. The van der Waals surface area contributed by atoms with Crippen molar-refractivity contribution in [3.05, 3.63) is 65.9 Å². The van der Waals surface area contributed by atoms with Crippen LogP contribution in [0.5, 0.6) is 11.5 Å². The van der Waals surface area contributed by atoms with Crippen molar-refractivity contribution in [1.82, 2.24) is 10.2 Å². The molecule has 29 heavy (non-hydrogen) atoms. The van der Waals surface area contributed by atoms with Gasteiger partial charge in [0, 0.05) is 18.3 Å². The number of benzene rings is 2. The number of hydrogen-bond donors (Lipinski definition) is 1. The number of ether oxygens (including phenoxy) is 2. The van der Waals surface area contributed by atoms with E-state index in [1.54, 1.807) is 43.4 Å². The van der Waals surface area contributed by atoms with Crippen LogP contribution in [-0.2, 0) is 0 Å². The van der Waals surface area contributed by atoms with Crippen molar-refractivity contribution in [3.63, 3.8) is 0 Å². The summed E-state index contributed by atoms with van der Waals surface area (Å²) in [6.45, 7) is 4.46. The number of methoxy groups -OCH3 is 2. The zero-order valence-electron chi connectivity index (χ0n) is 17.0. The van der Waals surface area contributed by atoms with Gasteiger partial charge in [-0.1, -0.05) is 12.1 Å². The highest BCUT2D eigenvalue weighted by Gasteiger charge is 2.18. The van der Waals surface area contributed by atoms with E-state index in [-0.39, 0.29) is 11.6 Å². The Bertz CT molecular complexity index is 990. The van der Waals surface area contributed by atoms with E-state index < -0.39 is 0 Å². The van der Waals surface area contributed by atoms with Crippen LogP contribution in [0, 0.1) is 6.92 Å². The van der Waals surface area contributed by atoms with Crippen molar-refractivity contribution in [2.45, 2.75) is 13.8 Å². The Balaban J connectivity index is 1.80. The Labute approximate surface area is 170 Å². The number of aryl methyl sites for hydroxylation is 1. The molecule has 0 spiro atoms. The standard InChI is InChI=1S/C22H24N4O3/c1-5-26(16-8-6-7-15(2)13-16)22(27)18-10-12-21(25-24-18)23-19-14-17(28-3)9-11-20(19)29-4/h6-14H,5H2,1-4H3,(H,23,25). The summed E-state index contributed by atoms with van der Waals surface area (Å²) in [6, 6.07) is 16.6. The number of nitrogens with one attached hydrogen (secondary N) is 1. The van der Waals surface area contributed by atoms with Crippen LogP contribution in [0.25, 0.3) is 0 Å². The fourth-order valence-electron chi connectivity index (χ4n) is 2.94. The average molecular weight is 392 g/mol. The normalized spacial score (nSPS) is 10.3. The quantitative estimate of drug-likeness (QED) is 0.649. The SMILES string of the molecule is CCN(C(=O)c1ccc(Nc2cc(OC)ccc2OC)nn1)c1cccc(C)c1. The minimum atomic E-state index is -0.198. The number of carbonyl (C=O) groups excluding carboxylic acids is 1. The second kappa shape index (κ2) is 9.05. The monoisotopic (exact) mass is 392 g/mol. The van der Waals surface area contributed by atoms with Crippen molar-refractivity contribution in [2.75, 3.05) is 31.0 Å². The van der Waals surface area contributed by atoms with Crippen molar-refractivity contribution < 1.29 is 14.3 Å². The molecule has 1 N–H and O–H groups in total. The highest BCUT2D eigenvalue weighted by Crippen LogP contribution is 2.30. The van der Waals surface area contributed by atoms with Gasteiger partial charge in [-0.2, -0.15) is 0 Å². The van der Waals surface area contributed by atoms with Crippen LogP contribution < -0.4 is 19.7 Å². The highest BCUT2D eigenvalue weighted by molar-refractivity contribution is 6.04. The maximum atomic E-state index is 12.9. The molecule has 7 nitrogen and oxygen atoms in total. The molecule has 0 aliphatic rings. The summed E-state index contributed by atoms with van der Waals surface area (Å²) in [5, 5.41) is 11.4. The topological polar surface area (TPSA) is 76.6 Å². The van der Waals surface area contributed by atoms with E-state index in [2.05, 4.69) is 15.5 Å². The van der Waals surface area contributed by atoms with E-state index in [0.29, 0.717) is 29.5 Å². The first-order valence-corrected chi connectivity index (χ1v) is 9.27. The van der Waals surface area contributed by atoms with Gasteiger partial charge >= 0.3 is 0 Å². The molecule has 1 amide bonds. The molecule has 150 valence electrons. The molecule has 2 aromatic carbocycles. The molecule has 0 aliphatic carbocycles. The Morgan fingerprint density at radius 3 is 2.48 bits per heavy atom. The lowest BCUT2D eigenvalue weighted by Crippen LogP contribution is -2.31. The van der Waals surface area contributed by atoms with E-state index in [9.17, 15) is 4.79 Å². The van der Waals surface area contributed by atoms with Gasteiger partial charge in [-0.05, 0) is 55.8 Å². The predicted molar refractivity (Wildman–Crippen MR) is 113 cm³/mol. The summed E-state index contributed by atoms with van der Waals surface area (Å²) in [5.41, 5.74) is 2.89. The van der Waals surface area contributed by atoms with Crippen molar-refractivity contribution in [3.8, 4) is 11.5 Å². The second-order valence-corrected chi connectivity index (χ2v) is 6.38. The fourth-order valence-corrected chi connectivity index (χ4v) is 2.94. The largest absolute Gasteiger partial charge is 0.497 e. The molecule has 1 aromatic heterocycles. The number of rotatable bonds is 7. The molecule has 3 aromatic rings. The van der Waals surface area contributed by atoms with Gasteiger partial charge in [0.05, 0.1) is 19.9 Å². The number of hydrogen-bond acceptors (Lipinski definition) is 6. The molecule has 0 aliphatic heterocycles.